The highest BCUT2D eigenvalue weighted by Crippen LogP contribution is 2.21. The standard InChI is InChI=1S/C15H19N5O2S/c1-20(13-5-9-23(21,22)11-13)14-4-8-17-15(19-14)18-10-12-2-6-16-7-3-12/h2-4,6-8,13H,5,9-11H2,1H3,(H,17,18,19). The molecule has 1 aliphatic rings. The molecule has 0 spiro atoms. The van der Waals surface area contributed by atoms with Crippen molar-refractivity contribution >= 4 is 21.6 Å². The summed E-state index contributed by atoms with van der Waals surface area (Å²) in [5.41, 5.74) is 1.09. The van der Waals surface area contributed by atoms with Crippen molar-refractivity contribution in [3.05, 3.63) is 42.4 Å². The molecular weight excluding hydrogens is 314 g/mol. The molecule has 3 heterocycles. The minimum Gasteiger partial charge on any atom is -0.355 e. The van der Waals surface area contributed by atoms with Gasteiger partial charge in [-0.2, -0.15) is 4.98 Å². The van der Waals surface area contributed by atoms with Crippen LogP contribution < -0.4 is 10.2 Å². The second kappa shape index (κ2) is 6.49. The van der Waals surface area contributed by atoms with Crippen LogP contribution in [0.4, 0.5) is 11.8 Å². The van der Waals surface area contributed by atoms with Crippen LogP contribution in [0.1, 0.15) is 12.0 Å². The molecule has 1 fully saturated rings. The van der Waals surface area contributed by atoms with Gasteiger partial charge in [0.15, 0.2) is 9.84 Å². The fraction of sp³-hybridized carbons (Fsp3) is 0.400. The first kappa shape index (κ1) is 15.7. The zero-order valence-corrected chi connectivity index (χ0v) is 13.7. The van der Waals surface area contributed by atoms with Crippen LogP contribution in [0.25, 0.3) is 0 Å². The van der Waals surface area contributed by atoms with E-state index in [1.54, 1.807) is 24.7 Å². The van der Waals surface area contributed by atoms with E-state index < -0.39 is 9.84 Å². The third kappa shape index (κ3) is 3.95. The van der Waals surface area contributed by atoms with Crippen LogP contribution >= 0.6 is 0 Å². The van der Waals surface area contributed by atoms with Gasteiger partial charge in [0.05, 0.1) is 11.5 Å². The summed E-state index contributed by atoms with van der Waals surface area (Å²) in [6.07, 6.45) is 5.80. The van der Waals surface area contributed by atoms with E-state index in [1.165, 1.54) is 0 Å². The molecule has 0 saturated carbocycles. The van der Waals surface area contributed by atoms with E-state index in [-0.39, 0.29) is 17.5 Å². The maximum absolute atomic E-state index is 11.6. The van der Waals surface area contributed by atoms with Crippen LogP contribution in [0, 0.1) is 0 Å². The molecule has 7 nitrogen and oxygen atoms in total. The van der Waals surface area contributed by atoms with Gasteiger partial charge in [0.2, 0.25) is 5.95 Å². The normalized spacial score (nSPS) is 19.4. The van der Waals surface area contributed by atoms with E-state index in [1.807, 2.05) is 24.1 Å². The molecule has 23 heavy (non-hydrogen) atoms. The average molecular weight is 333 g/mol. The zero-order valence-electron chi connectivity index (χ0n) is 12.9. The summed E-state index contributed by atoms with van der Waals surface area (Å²) >= 11 is 0. The van der Waals surface area contributed by atoms with Crippen LogP contribution in [0.3, 0.4) is 0 Å². The van der Waals surface area contributed by atoms with Crippen molar-refractivity contribution in [1.82, 2.24) is 15.0 Å². The molecular formula is C15H19N5O2S. The fourth-order valence-corrected chi connectivity index (χ4v) is 4.35. The Kier molecular flexibility index (Phi) is 4.42. The van der Waals surface area contributed by atoms with Gasteiger partial charge in [-0.05, 0) is 30.2 Å². The lowest BCUT2D eigenvalue weighted by molar-refractivity contribution is 0.600. The quantitative estimate of drug-likeness (QED) is 0.876. The molecule has 122 valence electrons. The number of rotatable bonds is 5. The minimum absolute atomic E-state index is 0.0250. The van der Waals surface area contributed by atoms with Crippen LogP contribution in [0.5, 0.6) is 0 Å². The van der Waals surface area contributed by atoms with E-state index in [0.29, 0.717) is 18.9 Å². The summed E-state index contributed by atoms with van der Waals surface area (Å²) in [4.78, 5) is 14.6. The molecule has 1 unspecified atom stereocenters. The summed E-state index contributed by atoms with van der Waals surface area (Å²) in [5, 5.41) is 3.17. The van der Waals surface area contributed by atoms with Crippen LogP contribution in [-0.2, 0) is 16.4 Å². The van der Waals surface area contributed by atoms with E-state index in [0.717, 1.165) is 11.4 Å². The lowest BCUT2D eigenvalue weighted by Gasteiger charge is -2.24. The summed E-state index contributed by atoms with van der Waals surface area (Å²) in [7, 11) is -1.04. The second-order valence-corrected chi connectivity index (χ2v) is 7.84. The number of sulfone groups is 1. The Hall–Kier alpha value is -2.22. The lowest BCUT2D eigenvalue weighted by Crippen LogP contribution is -2.33. The first-order valence-electron chi connectivity index (χ1n) is 7.42. The smallest absolute Gasteiger partial charge is 0.224 e. The number of aromatic nitrogens is 3. The van der Waals surface area contributed by atoms with Crippen molar-refractivity contribution in [2.75, 3.05) is 28.8 Å². The molecule has 0 aliphatic carbocycles. The monoisotopic (exact) mass is 333 g/mol. The third-order valence-corrected chi connectivity index (χ3v) is 5.71. The minimum atomic E-state index is -2.91. The predicted molar refractivity (Wildman–Crippen MR) is 89.1 cm³/mol. The molecule has 0 amide bonds. The number of nitrogens with one attached hydrogen (secondary N) is 1. The Bertz CT molecular complexity index is 766. The van der Waals surface area contributed by atoms with E-state index >= 15 is 0 Å². The van der Waals surface area contributed by atoms with Gasteiger partial charge in [-0.15, -0.1) is 0 Å². The topological polar surface area (TPSA) is 88.1 Å². The van der Waals surface area contributed by atoms with Gasteiger partial charge in [-0.25, -0.2) is 13.4 Å². The molecule has 8 heteroatoms. The van der Waals surface area contributed by atoms with Gasteiger partial charge in [-0.1, -0.05) is 0 Å². The van der Waals surface area contributed by atoms with Gasteiger partial charge >= 0.3 is 0 Å². The molecule has 1 saturated heterocycles. The average Bonchev–Trinajstić information content (AvgIpc) is 2.93. The summed E-state index contributed by atoms with van der Waals surface area (Å²) in [6.45, 7) is 0.605. The maximum atomic E-state index is 11.6. The number of hydrogen-bond acceptors (Lipinski definition) is 7. The molecule has 2 aromatic rings. The molecule has 1 aliphatic heterocycles. The Labute approximate surface area is 135 Å². The highest BCUT2D eigenvalue weighted by molar-refractivity contribution is 7.91. The fourth-order valence-electron chi connectivity index (χ4n) is 2.58. The predicted octanol–water partition coefficient (Wildman–Crippen LogP) is 1.11. The first-order valence-corrected chi connectivity index (χ1v) is 9.25. The van der Waals surface area contributed by atoms with Gasteiger partial charge in [-0.3, -0.25) is 4.98 Å². The van der Waals surface area contributed by atoms with E-state index in [2.05, 4.69) is 20.3 Å². The van der Waals surface area contributed by atoms with Crippen molar-refractivity contribution in [3.8, 4) is 0 Å². The summed E-state index contributed by atoms with van der Waals surface area (Å²) in [6, 6.07) is 5.62. The largest absolute Gasteiger partial charge is 0.355 e. The maximum Gasteiger partial charge on any atom is 0.224 e. The number of pyridine rings is 1. The Morgan fingerprint density at radius 3 is 2.74 bits per heavy atom. The van der Waals surface area contributed by atoms with Crippen molar-refractivity contribution < 1.29 is 8.42 Å². The van der Waals surface area contributed by atoms with Gasteiger partial charge < -0.3 is 10.2 Å². The number of anilines is 2. The van der Waals surface area contributed by atoms with Gasteiger partial charge in [0.25, 0.3) is 0 Å². The Morgan fingerprint density at radius 2 is 2.04 bits per heavy atom. The van der Waals surface area contributed by atoms with Crippen molar-refractivity contribution in [2.24, 2.45) is 0 Å². The summed E-state index contributed by atoms with van der Waals surface area (Å²) < 4.78 is 23.3. The molecule has 1 atom stereocenters. The van der Waals surface area contributed by atoms with Gasteiger partial charge in [0, 0.05) is 38.2 Å². The molecule has 1 N–H and O–H groups in total. The molecule has 0 radical (unpaired) electrons. The van der Waals surface area contributed by atoms with Crippen LogP contribution in [0.15, 0.2) is 36.8 Å². The van der Waals surface area contributed by atoms with E-state index in [9.17, 15) is 8.42 Å². The number of hydrogen-bond donors (Lipinski definition) is 1. The molecule has 3 rings (SSSR count). The zero-order chi connectivity index (χ0) is 16.3. The van der Waals surface area contributed by atoms with E-state index in [4.69, 9.17) is 0 Å². The third-order valence-electron chi connectivity index (χ3n) is 3.96. The Balaban J connectivity index is 1.67. The molecule has 0 bridgehead atoms. The van der Waals surface area contributed by atoms with Crippen LogP contribution in [0.2, 0.25) is 0 Å². The SMILES string of the molecule is CN(c1ccnc(NCc2ccncc2)n1)C1CCS(=O)(=O)C1. The molecule has 0 aromatic carbocycles. The van der Waals surface area contributed by atoms with Gasteiger partial charge in [0.1, 0.15) is 5.82 Å². The first-order chi connectivity index (χ1) is 11.0. The van der Waals surface area contributed by atoms with Crippen molar-refractivity contribution in [2.45, 2.75) is 19.0 Å². The highest BCUT2D eigenvalue weighted by Gasteiger charge is 2.31. The Morgan fingerprint density at radius 1 is 1.26 bits per heavy atom. The van der Waals surface area contributed by atoms with Crippen LogP contribution in [-0.4, -0.2) is 48.0 Å². The highest BCUT2D eigenvalue weighted by atomic mass is 32.2. The lowest BCUT2D eigenvalue weighted by atomic mass is 10.2. The van der Waals surface area contributed by atoms with Crippen molar-refractivity contribution in [1.29, 1.82) is 0 Å². The van der Waals surface area contributed by atoms with Crippen molar-refractivity contribution in [3.63, 3.8) is 0 Å². The molecule has 2 aromatic heterocycles. The second-order valence-electron chi connectivity index (χ2n) is 5.62. The number of nitrogens with zero attached hydrogens (tertiary/aromatic N) is 4. The summed E-state index contributed by atoms with van der Waals surface area (Å²) in [5.74, 6) is 1.68.